The molecule has 2 atom stereocenters. The molecular formula is C22H21N9. The Kier molecular flexibility index (Phi) is 3.85. The summed E-state index contributed by atoms with van der Waals surface area (Å²) in [6.07, 6.45) is 10.9. The third kappa shape index (κ3) is 2.79. The zero-order chi connectivity index (χ0) is 21.1. The van der Waals surface area contributed by atoms with E-state index in [1.54, 1.807) is 21.6 Å². The van der Waals surface area contributed by atoms with Crippen LogP contribution in [0.5, 0.6) is 0 Å². The van der Waals surface area contributed by atoms with Gasteiger partial charge in [-0.3, -0.25) is 9.67 Å². The molecule has 2 fully saturated rings. The van der Waals surface area contributed by atoms with Gasteiger partial charge in [0.2, 0.25) is 0 Å². The third-order valence-corrected chi connectivity index (χ3v) is 6.65. The molecule has 31 heavy (non-hydrogen) atoms. The van der Waals surface area contributed by atoms with E-state index in [1.807, 2.05) is 37.9 Å². The fourth-order valence-corrected chi connectivity index (χ4v) is 4.94. The first kappa shape index (κ1) is 18.0. The minimum absolute atomic E-state index is 0.506. The Bertz CT molecular complexity index is 1320. The molecule has 6 rings (SSSR count). The highest BCUT2D eigenvalue weighted by Gasteiger charge is 2.54. The van der Waals surface area contributed by atoms with Crippen LogP contribution in [0.3, 0.4) is 0 Å². The predicted octanol–water partition coefficient (Wildman–Crippen LogP) is 1.70. The van der Waals surface area contributed by atoms with Crippen LogP contribution < -0.4 is 10.6 Å². The first-order valence-electron chi connectivity index (χ1n) is 10.3. The van der Waals surface area contributed by atoms with Gasteiger partial charge in [0.25, 0.3) is 0 Å². The van der Waals surface area contributed by atoms with E-state index >= 15 is 0 Å². The summed E-state index contributed by atoms with van der Waals surface area (Å²) in [6.45, 7) is 2.79. The maximum Gasteiger partial charge on any atom is 0.147 e. The topological polar surface area (TPSA) is 114 Å². The van der Waals surface area contributed by atoms with Crippen LogP contribution in [-0.2, 0) is 7.05 Å². The second kappa shape index (κ2) is 6.62. The molecular weight excluding hydrogens is 390 g/mol. The molecule has 2 unspecified atom stereocenters. The first-order chi connectivity index (χ1) is 15.2. The van der Waals surface area contributed by atoms with E-state index in [9.17, 15) is 5.26 Å². The van der Waals surface area contributed by atoms with Crippen molar-refractivity contribution in [3.05, 3.63) is 48.8 Å². The predicted molar refractivity (Wildman–Crippen MR) is 115 cm³/mol. The Labute approximate surface area is 178 Å². The van der Waals surface area contributed by atoms with Gasteiger partial charge >= 0.3 is 0 Å². The molecule has 5 heterocycles. The molecule has 4 aromatic rings. The first-order valence-corrected chi connectivity index (χ1v) is 10.3. The second-order valence-electron chi connectivity index (χ2n) is 8.40. The van der Waals surface area contributed by atoms with Gasteiger partial charge in [0.15, 0.2) is 0 Å². The van der Waals surface area contributed by atoms with Crippen molar-refractivity contribution in [2.24, 2.45) is 30.5 Å². The number of nitrogens with zero attached hydrogens (tertiary/aromatic N) is 8. The average molecular weight is 411 g/mol. The molecule has 1 aliphatic carbocycles. The highest BCUT2D eigenvalue weighted by molar-refractivity contribution is 5.86. The van der Waals surface area contributed by atoms with Crippen molar-refractivity contribution in [1.82, 2.24) is 29.4 Å². The smallest absolute Gasteiger partial charge is 0.147 e. The largest absolute Gasteiger partial charge is 0.355 e. The summed E-state index contributed by atoms with van der Waals surface area (Å²) in [5.41, 5.74) is 10.5. The van der Waals surface area contributed by atoms with E-state index < -0.39 is 0 Å². The molecule has 0 amide bonds. The lowest BCUT2D eigenvalue weighted by atomic mass is 10.0. The fourth-order valence-electron chi connectivity index (χ4n) is 4.94. The van der Waals surface area contributed by atoms with Crippen LogP contribution >= 0.6 is 0 Å². The Morgan fingerprint density at radius 3 is 2.55 bits per heavy atom. The van der Waals surface area contributed by atoms with Crippen molar-refractivity contribution in [3.8, 4) is 28.5 Å². The van der Waals surface area contributed by atoms with Gasteiger partial charge in [-0.05, 0) is 30.4 Å². The summed E-state index contributed by atoms with van der Waals surface area (Å²) < 4.78 is 3.49. The summed E-state index contributed by atoms with van der Waals surface area (Å²) in [4.78, 5) is 11.7. The van der Waals surface area contributed by atoms with Crippen LogP contribution in [0, 0.1) is 29.1 Å². The molecule has 0 radical (unpaired) electrons. The number of nitriles is 1. The number of pyridine rings is 1. The van der Waals surface area contributed by atoms with Crippen molar-refractivity contribution in [2.45, 2.75) is 0 Å². The normalized spacial score (nSPS) is 22.0. The Hall–Kier alpha value is -3.77. The minimum Gasteiger partial charge on any atom is -0.355 e. The highest BCUT2D eigenvalue weighted by Crippen LogP contribution is 2.51. The number of hydrogen-bond donors (Lipinski definition) is 1. The van der Waals surface area contributed by atoms with Gasteiger partial charge in [-0.15, -0.1) is 0 Å². The number of aromatic nitrogens is 6. The maximum atomic E-state index is 9.58. The molecule has 1 saturated carbocycles. The number of hydrogen-bond acceptors (Lipinski definition) is 7. The molecule has 4 aromatic heterocycles. The molecule has 9 nitrogen and oxygen atoms in total. The zero-order valence-electron chi connectivity index (χ0n) is 17.0. The van der Waals surface area contributed by atoms with Crippen LogP contribution in [-0.4, -0.2) is 49.0 Å². The van der Waals surface area contributed by atoms with E-state index in [2.05, 4.69) is 21.2 Å². The summed E-state index contributed by atoms with van der Waals surface area (Å²) >= 11 is 0. The van der Waals surface area contributed by atoms with E-state index in [-0.39, 0.29) is 0 Å². The van der Waals surface area contributed by atoms with Crippen LogP contribution in [0.1, 0.15) is 5.56 Å². The highest BCUT2D eigenvalue weighted by atomic mass is 15.2. The van der Waals surface area contributed by atoms with Crippen molar-refractivity contribution in [2.75, 3.05) is 24.5 Å². The van der Waals surface area contributed by atoms with Crippen molar-refractivity contribution < 1.29 is 0 Å². The number of anilines is 1. The van der Waals surface area contributed by atoms with Gasteiger partial charge in [-0.1, -0.05) is 0 Å². The summed E-state index contributed by atoms with van der Waals surface area (Å²) in [6, 6.07) is 4.26. The molecule has 0 bridgehead atoms. The van der Waals surface area contributed by atoms with Crippen LogP contribution in [0.15, 0.2) is 43.2 Å². The molecule has 2 aliphatic rings. The lowest BCUT2D eigenvalue weighted by Gasteiger charge is -2.20. The number of aryl methyl sites for hydroxylation is 1. The Morgan fingerprint density at radius 2 is 1.90 bits per heavy atom. The lowest BCUT2D eigenvalue weighted by molar-refractivity contribution is 0.643. The third-order valence-electron chi connectivity index (χ3n) is 6.65. The van der Waals surface area contributed by atoms with Crippen LogP contribution in [0.2, 0.25) is 0 Å². The van der Waals surface area contributed by atoms with Gasteiger partial charge in [0, 0.05) is 49.2 Å². The zero-order valence-corrected chi connectivity index (χ0v) is 17.0. The average Bonchev–Trinajstić information content (AvgIpc) is 3.23. The summed E-state index contributed by atoms with van der Waals surface area (Å²) in [5, 5.41) is 18.2. The van der Waals surface area contributed by atoms with E-state index in [1.165, 1.54) is 0 Å². The second-order valence-corrected chi connectivity index (χ2v) is 8.40. The monoisotopic (exact) mass is 411 g/mol. The Balaban J connectivity index is 1.39. The van der Waals surface area contributed by atoms with Gasteiger partial charge in [0.1, 0.15) is 11.9 Å². The van der Waals surface area contributed by atoms with Gasteiger partial charge in [0.05, 0.1) is 41.6 Å². The van der Waals surface area contributed by atoms with E-state index in [4.69, 9.17) is 15.7 Å². The van der Waals surface area contributed by atoms with E-state index in [0.29, 0.717) is 29.0 Å². The molecule has 154 valence electrons. The SMILES string of the molecule is Cn1cc(-c2cc(-c3cnc(N4CC5C(CN)C5C4)cn3)c3c(C#N)cnn3c2)cn1. The van der Waals surface area contributed by atoms with Crippen LogP contribution in [0.25, 0.3) is 27.9 Å². The van der Waals surface area contributed by atoms with Gasteiger partial charge < -0.3 is 10.6 Å². The number of piperidine rings is 1. The lowest BCUT2D eigenvalue weighted by Crippen LogP contribution is -2.26. The van der Waals surface area contributed by atoms with Gasteiger partial charge in [-0.25, -0.2) is 9.50 Å². The standard InChI is InChI=1S/C22H21N9/c1-29-9-15(6-27-29)13-2-16(22-14(3-23)5-28-31(22)10-13)20-7-26-21(8-25-20)30-11-18-17(4-24)19(18)12-30/h2,5-10,17-19H,4,11-12,24H2,1H3. The Morgan fingerprint density at radius 1 is 1.06 bits per heavy atom. The molecule has 0 aromatic carbocycles. The van der Waals surface area contributed by atoms with E-state index in [0.717, 1.165) is 47.7 Å². The van der Waals surface area contributed by atoms with Crippen LogP contribution in [0.4, 0.5) is 5.82 Å². The quantitative estimate of drug-likeness (QED) is 0.544. The maximum absolute atomic E-state index is 9.58. The molecule has 0 spiro atoms. The summed E-state index contributed by atoms with van der Waals surface area (Å²) in [5.74, 6) is 2.97. The van der Waals surface area contributed by atoms with Crippen molar-refractivity contribution >= 4 is 11.3 Å². The van der Waals surface area contributed by atoms with Crippen molar-refractivity contribution in [3.63, 3.8) is 0 Å². The van der Waals surface area contributed by atoms with Crippen molar-refractivity contribution in [1.29, 1.82) is 5.26 Å². The molecule has 9 heteroatoms. The molecule has 2 N–H and O–H groups in total. The fraction of sp³-hybridized carbons (Fsp3) is 0.318. The van der Waals surface area contributed by atoms with Gasteiger partial charge in [-0.2, -0.15) is 15.5 Å². The summed E-state index contributed by atoms with van der Waals surface area (Å²) in [7, 11) is 1.88. The number of nitrogens with two attached hydrogens (primary N) is 1. The number of fused-ring (bicyclic) bond motifs is 2. The molecule has 1 saturated heterocycles. The number of rotatable bonds is 4. The minimum atomic E-state index is 0.506. The molecule has 1 aliphatic heterocycles.